The third kappa shape index (κ3) is 2.08. The van der Waals surface area contributed by atoms with E-state index in [1.54, 1.807) is 6.20 Å². The van der Waals surface area contributed by atoms with Crippen LogP contribution in [0.4, 0.5) is 0 Å². The summed E-state index contributed by atoms with van der Waals surface area (Å²) in [4.78, 5) is 8.81. The molecule has 5 heteroatoms. The Kier molecular flexibility index (Phi) is 2.97. The van der Waals surface area contributed by atoms with E-state index in [4.69, 9.17) is 5.73 Å². The average Bonchev–Trinajstić information content (AvgIpc) is 2.76. The van der Waals surface area contributed by atoms with Crippen LogP contribution in [0.15, 0.2) is 36.5 Å². The fourth-order valence-electron chi connectivity index (χ4n) is 2.16. The molecule has 3 aromatic heterocycles. The van der Waals surface area contributed by atoms with Gasteiger partial charge in [0.15, 0.2) is 5.65 Å². The Hall–Kier alpha value is -2.27. The van der Waals surface area contributed by atoms with Gasteiger partial charge in [0.1, 0.15) is 5.69 Å². The highest BCUT2D eigenvalue weighted by Crippen LogP contribution is 2.17. The fourth-order valence-corrected chi connectivity index (χ4v) is 2.16. The molecule has 3 heterocycles. The van der Waals surface area contributed by atoms with Crippen LogP contribution >= 0.6 is 0 Å². The van der Waals surface area contributed by atoms with Crippen molar-refractivity contribution in [1.29, 1.82) is 0 Å². The highest BCUT2D eigenvalue weighted by molar-refractivity contribution is 5.56. The summed E-state index contributed by atoms with van der Waals surface area (Å²) >= 11 is 0. The molecule has 0 aliphatic carbocycles. The maximum atomic E-state index is 5.65. The number of nitrogens with zero attached hydrogens (tertiary/aromatic N) is 4. The summed E-state index contributed by atoms with van der Waals surface area (Å²) in [5.41, 5.74) is 10.2. The van der Waals surface area contributed by atoms with Crippen LogP contribution < -0.4 is 5.73 Å². The summed E-state index contributed by atoms with van der Waals surface area (Å²) in [5, 5.41) is 4.62. The van der Waals surface area contributed by atoms with Crippen LogP contribution in [0, 0.1) is 6.92 Å². The van der Waals surface area contributed by atoms with E-state index in [0.29, 0.717) is 6.54 Å². The van der Waals surface area contributed by atoms with Gasteiger partial charge in [-0.25, -0.2) is 9.50 Å². The van der Waals surface area contributed by atoms with E-state index in [-0.39, 0.29) is 0 Å². The molecule has 2 N–H and O–H groups in total. The van der Waals surface area contributed by atoms with E-state index < -0.39 is 0 Å². The van der Waals surface area contributed by atoms with Gasteiger partial charge in [0.2, 0.25) is 0 Å². The van der Waals surface area contributed by atoms with Gasteiger partial charge in [-0.3, -0.25) is 4.98 Å². The van der Waals surface area contributed by atoms with E-state index in [9.17, 15) is 0 Å². The van der Waals surface area contributed by atoms with Crippen molar-refractivity contribution in [2.45, 2.75) is 13.3 Å². The minimum atomic E-state index is 0.587. The van der Waals surface area contributed by atoms with Crippen molar-refractivity contribution in [1.82, 2.24) is 19.6 Å². The molecule has 0 aliphatic heterocycles. The molecular formula is C14H15N5. The molecule has 0 unspecified atom stereocenters. The van der Waals surface area contributed by atoms with E-state index in [2.05, 4.69) is 15.1 Å². The maximum absolute atomic E-state index is 5.65. The second kappa shape index (κ2) is 4.78. The number of hydrogen-bond acceptors (Lipinski definition) is 4. The van der Waals surface area contributed by atoms with Gasteiger partial charge >= 0.3 is 0 Å². The predicted octanol–water partition coefficient (Wildman–Crippen LogP) is 1.60. The van der Waals surface area contributed by atoms with Crippen LogP contribution in [0.3, 0.4) is 0 Å². The maximum Gasteiger partial charge on any atom is 0.154 e. The summed E-state index contributed by atoms with van der Waals surface area (Å²) in [7, 11) is 0. The van der Waals surface area contributed by atoms with Crippen LogP contribution in [0.25, 0.3) is 17.0 Å². The van der Waals surface area contributed by atoms with Crippen LogP contribution in [0.2, 0.25) is 0 Å². The highest BCUT2D eigenvalue weighted by Gasteiger charge is 2.10. The van der Waals surface area contributed by atoms with E-state index in [0.717, 1.165) is 34.8 Å². The number of aromatic nitrogens is 4. The number of rotatable bonds is 3. The molecule has 0 aromatic carbocycles. The normalized spacial score (nSPS) is 11.1. The van der Waals surface area contributed by atoms with Gasteiger partial charge < -0.3 is 5.73 Å². The van der Waals surface area contributed by atoms with Gasteiger partial charge in [-0.2, -0.15) is 5.10 Å². The standard InChI is InChI=1S/C14H15N5/c1-10-13(7-8-15)19-14(17-10)6-5-12(18-19)11-4-2-3-9-16-11/h2-6,9H,7-8,15H2,1H3. The molecule has 0 atom stereocenters. The van der Waals surface area contributed by atoms with Gasteiger partial charge in [0, 0.05) is 12.6 Å². The quantitative estimate of drug-likeness (QED) is 0.769. The Morgan fingerprint density at radius 2 is 2.05 bits per heavy atom. The lowest BCUT2D eigenvalue weighted by atomic mass is 10.2. The Morgan fingerprint density at radius 1 is 1.16 bits per heavy atom. The molecule has 19 heavy (non-hydrogen) atoms. The predicted molar refractivity (Wildman–Crippen MR) is 73.7 cm³/mol. The Balaban J connectivity index is 2.17. The third-order valence-electron chi connectivity index (χ3n) is 3.08. The van der Waals surface area contributed by atoms with Crippen LogP contribution in [0.5, 0.6) is 0 Å². The topological polar surface area (TPSA) is 69.1 Å². The van der Waals surface area contributed by atoms with Crippen LogP contribution in [-0.4, -0.2) is 26.1 Å². The van der Waals surface area contributed by atoms with Crippen molar-refractivity contribution in [3.8, 4) is 11.4 Å². The van der Waals surface area contributed by atoms with Crippen molar-refractivity contribution in [3.63, 3.8) is 0 Å². The van der Waals surface area contributed by atoms with Crippen molar-refractivity contribution in [2.75, 3.05) is 6.54 Å². The Labute approximate surface area is 111 Å². The first-order chi connectivity index (χ1) is 9.29. The summed E-state index contributed by atoms with van der Waals surface area (Å²) in [6.45, 7) is 2.57. The second-order valence-corrected chi connectivity index (χ2v) is 4.39. The molecule has 0 fully saturated rings. The van der Waals surface area contributed by atoms with E-state index in [1.807, 2.05) is 41.8 Å². The second-order valence-electron chi connectivity index (χ2n) is 4.39. The molecule has 0 aliphatic rings. The van der Waals surface area contributed by atoms with Crippen LogP contribution in [0.1, 0.15) is 11.4 Å². The molecule has 0 bridgehead atoms. The van der Waals surface area contributed by atoms with E-state index in [1.165, 1.54) is 0 Å². The van der Waals surface area contributed by atoms with Crippen molar-refractivity contribution >= 4 is 5.65 Å². The van der Waals surface area contributed by atoms with Crippen molar-refractivity contribution < 1.29 is 0 Å². The molecule has 0 saturated carbocycles. The minimum Gasteiger partial charge on any atom is -0.330 e. The number of imidazole rings is 1. The first-order valence-corrected chi connectivity index (χ1v) is 6.26. The molecule has 3 rings (SSSR count). The highest BCUT2D eigenvalue weighted by atomic mass is 15.3. The lowest BCUT2D eigenvalue weighted by Crippen LogP contribution is -2.08. The molecule has 3 aromatic rings. The number of nitrogens with two attached hydrogens (primary N) is 1. The van der Waals surface area contributed by atoms with Gasteiger partial charge in [0.25, 0.3) is 0 Å². The molecule has 0 saturated heterocycles. The van der Waals surface area contributed by atoms with Gasteiger partial charge in [-0.1, -0.05) is 6.07 Å². The number of pyridine rings is 1. The molecule has 0 amide bonds. The number of fused-ring (bicyclic) bond motifs is 1. The SMILES string of the molecule is Cc1nc2ccc(-c3ccccn3)nn2c1CCN. The zero-order valence-corrected chi connectivity index (χ0v) is 10.7. The van der Waals surface area contributed by atoms with Crippen molar-refractivity contribution in [2.24, 2.45) is 5.73 Å². The van der Waals surface area contributed by atoms with E-state index >= 15 is 0 Å². The Bertz CT molecular complexity index is 702. The van der Waals surface area contributed by atoms with Gasteiger partial charge in [0.05, 0.1) is 17.1 Å². The monoisotopic (exact) mass is 253 g/mol. The molecule has 5 nitrogen and oxygen atoms in total. The van der Waals surface area contributed by atoms with Crippen molar-refractivity contribution in [3.05, 3.63) is 47.9 Å². The van der Waals surface area contributed by atoms with Gasteiger partial charge in [-0.05, 0) is 37.7 Å². The lowest BCUT2D eigenvalue weighted by Gasteiger charge is -2.03. The number of hydrogen-bond donors (Lipinski definition) is 1. The van der Waals surface area contributed by atoms with Crippen LogP contribution in [-0.2, 0) is 6.42 Å². The minimum absolute atomic E-state index is 0.587. The fraction of sp³-hybridized carbons (Fsp3) is 0.214. The Morgan fingerprint density at radius 3 is 2.79 bits per heavy atom. The first kappa shape index (κ1) is 11.8. The number of aryl methyl sites for hydroxylation is 1. The summed E-state index contributed by atoms with van der Waals surface area (Å²) in [6.07, 6.45) is 2.53. The summed E-state index contributed by atoms with van der Waals surface area (Å²) < 4.78 is 1.87. The summed E-state index contributed by atoms with van der Waals surface area (Å²) in [6, 6.07) is 9.69. The first-order valence-electron chi connectivity index (χ1n) is 6.26. The molecular weight excluding hydrogens is 238 g/mol. The molecule has 0 spiro atoms. The van der Waals surface area contributed by atoms with Gasteiger partial charge in [-0.15, -0.1) is 0 Å². The molecule has 0 radical (unpaired) electrons. The third-order valence-corrected chi connectivity index (χ3v) is 3.08. The zero-order valence-electron chi connectivity index (χ0n) is 10.7. The smallest absolute Gasteiger partial charge is 0.154 e. The average molecular weight is 253 g/mol. The zero-order chi connectivity index (χ0) is 13.2. The lowest BCUT2D eigenvalue weighted by molar-refractivity contribution is 0.822. The summed E-state index contributed by atoms with van der Waals surface area (Å²) in [5.74, 6) is 0. The molecule has 96 valence electrons. The largest absolute Gasteiger partial charge is 0.330 e.